The van der Waals surface area contributed by atoms with Gasteiger partial charge in [-0.05, 0) is 46.5 Å². The fourth-order valence-corrected chi connectivity index (χ4v) is 3.28. The van der Waals surface area contributed by atoms with Crippen molar-refractivity contribution in [3.8, 4) is 0 Å². The summed E-state index contributed by atoms with van der Waals surface area (Å²) in [6.07, 6.45) is -2.13. The van der Waals surface area contributed by atoms with E-state index in [-0.39, 0.29) is 11.9 Å². The molecule has 2 aromatic rings. The second-order valence-corrected chi connectivity index (χ2v) is 6.96. The number of hydrogen-bond donors (Lipinski definition) is 2. The quantitative estimate of drug-likeness (QED) is 0.333. The van der Waals surface area contributed by atoms with Crippen LogP contribution in [-0.4, -0.2) is 21.8 Å². The smallest absolute Gasteiger partial charge is 0.368 e. The molecule has 1 aromatic heterocycles. The van der Waals surface area contributed by atoms with Crippen LogP contribution in [0.25, 0.3) is 0 Å². The highest BCUT2D eigenvalue weighted by Gasteiger charge is 2.31. The summed E-state index contributed by atoms with van der Waals surface area (Å²) in [6, 6.07) is 5.29. The van der Waals surface area contributed by atoms with E-state index in [0.29, 0.717) is 30.9 Å². The first-order chi connectivity index (χ1) is 11.4. The fourth-order valence-electron chi connectivity index (χ4n) is 2.40. The van der Waals surface area contributed by atoms with Crippen molar-refractivity contribution in [2.75, 3.05) is 12.3 Å². The largest absolute Gasteiger partial charge is 0.416 e. The van der Waals surface area contributed by atoms with Crippen molar-refractivity contribution in [3.63, 3.8) is 0 Å². The monoisotopic (exact) mass is 472 g/mol. The van der Waals surface area contributed by atoms with E-state index in [4.69, 9.17) is 10.3 Å². The van der Waals surface area contributed by atoms with Gasteiger partial charge >= 0.3 is 6.18 Å². The number of nitrogens with zero attached hydrogens (tertiary/aromatic N) is 2. The third-order valence-electron chi connectivity index (χ3n) is 3.51. The van der Waals surface area contributed by atoms with Crippen LogP contribution in [0.3, 0.4) is 0 Å². The van der Waals surface area contributed by atoms with Crippen LogP contribution in [0.1, 0.15) is 42.1 Å². The number of aromatic amines is 1. The maximum absolute atomic E-state index is 13.0. The molecule has 0 spiro atoms. The normalized spacial score (nSPS) is 13.7. The van der Waals surface area contributed by atoms with Crippen LogP contribution in [0.4, 0.5) is 19.1 Å². The Hall–Kier alpha value is -0.930. The third-order valence-corrected chi connectivity index (χ3v) is 4.76. The number of H-pyrrole nitrogens is 1. The molecule has 132 valence electrons. The van der Waals surface area contributed by atoms with Crippen LogP contribution in [0, 0.1) is 0 Å². The topological polar surface area (TPSA) is 76.8 Å². The average molecular weight is 472 g/mol. The van der Waals surface area contributed by atoms with Gasteiger partial charge in [-0.1, -0.05) is 24.6 Å². The lowest BCUT2D eigenvalue weighted by Gasteiger charge is -2.16. The van der Waals surface area contributed by atoms with Crippen molar-refractivity contribution >= 4 is 34.4 Å². The first-order valence-electron chi connectivity index (χ1n) is 7.24. The molecular weight excluding hydrogens is 455 g/mol. The van der Waals surface area contributed by atoms with Gasteiger partial charge in [-0.25, -0.2) is 0 Å². The molecule has 0 radical (unpaired) electrons. The summed E-state index contributed by atoms with van der Waals surface area (Å²) in [5.74, 6) is 0.305. The molecule has 1 heterocycles. The summed E-state index contributed by atoms with van der Waals surface area (Å²) in [5, 5.41) is 7.67. The molecule has 3 N–H and O–H groups in total. The Kier molecular flexibility index (Phi) is 7.24. The number of alkyl halides is 3. The highest BCUT2D eigenvalue weighted by Crippen LogP contribution is 2.34. The Morgan fingerprint density at radius 1 is 1.29 bits per heavy atom. The molecule has 1 aromatic carbocycles. The number of unbranched alkanes of at least 4 members (excludes halogenated alkanes) is 1. The molecule has 0 saturated carbocycles. The predicted octanol–water partition coefficient (Wildman–Crippen LogP) is 4.67. The molecular formula is C14H17F3IN4OP. The van der Waals surface area contributed by atoms with Crippen molar-refractivity contribution in [2.45, 2.75) is 31.4 Å². The molecule has 2 unspecified atom stereocenters. The maximum atomic E-state index is 13.0. The SMILES string of the molecule is Nc1nnc(C(CCCCOPI)c2cccc(C(F)(F)F)c2)[nH]1. The molecule has 0 amide bonds. The molecule has 0 bridgehead atoms. The van der Waals surface area contributed by atoms with Crippen molar-refractivity contribution in [1.82, 2.24) is 15.2 Å². The van der Waals surface area contributed by atoms with Crippen LogP contribution in [-0.2, 0) is 10.7 Å². The predicted molar refractivity (Wildman–Crippen MR) is 96.2 cm³/mol. The van der Waals surface area contributed by atoms with Gasteiger partial charge in [0.1, 0.15) is 5.82 Å². The number of hydrogen-bond acceptors (Lipinski definition) is 4. The highest BCUT2D eigenvalue weighted by atomic mass is 127. The number of nitrogens with one attached hydrogen (secondary N) is 1. The summed E-state index contributed by atoms with van der Waals surface area (Å²) < 4.78 is 44.2. The van der Waals surface area contributed by atoms with Crippen molar-refractivity contribution in [3.05, 3.63) is 41.2 Å². The van der Waals surface area contributed by atoms with E-state index in [1.807, 2.05) is 0 Å². The molecule has 0 aliphatic rings. The first kappa shape index (κ1) is 19.4. The Bertz CT molecular complexity index is 653. The number of rotatable bonds is 8. The molecule has 10 heteroatoms. The summed E-state index contributed by atoms with van der Waals surface area (Å²) >= 11 is 2.15. The lowest BCUT2D eigenvalue weighted by atomic mass is 9.91. The highest BCUT2D eigenvalue weighted by molar-refractivity contribution is 14.2. The Morgan fingerprint density at radius 2 is 2.08 bits per heavy atom. The van der Waals surface area contributed by atoms with E-state index in [9.17, 15) is 13.2 Å². The molecule has 0 saturated heterocycles. The van der Waals surface area contributed by atoms with E-state index < -0.39 is 11.7 Å². The molecule has 2 rings (SSSR count). The standard InChI is InChI=1S/C14H17F3IN4OP/c15-14(16,17)10-5-3-4-9(8-10)11(6-1-2-7-23-24-18)12-20-13(19)22-21-12/h3-5,8,11,24H,1-2,6-7H2,(H3,19,20,21,22). The van der Waals surface area contributed by atoms with Crippen LogP contribution in [0.15, 0.2) is 24.3 Å². The van der Waals surface area contributed by atoms with Gasteiger partial charge in [0.15, 0.2) is 0 Å². The van der Waals surface area contributed by atoms with Crippen LogP contribution < -0.4 is 5.73 Å². The molecule has 2 atom stereocenters. The molecule has 5 nitrogen and oxygen atoms in total. The Balaban J connectivity index is 2.19. The maximum Gasteiger partial charge on any atom is 0.416 e. The number of halogens is 4. The zero-order chi connectivity index (χ0) is 17.6. The van der Waals surface area contributed by atoms with Crippen molar-refractivity contribution in [2.24, 2.45) is 0 Å². The lowest BCUT2D eigenvalue weighted by molar-refractivity contribution is -0.137. The summed E-state index contributed by atoms with van der Waals surface area (Å²) in [5.41, 5.74) is 5.42. The van der Waals surface area contributed by atoms with Crippen molar-refractivity contribution < 1.29 is 17.7 Å². The van der Waals surface area contributed by atoms with Gasteiger partial charge < -0.3 is 15.2 Å². The van der Waals surface area contributed by atoms with Gasteiger partial charge in [0, 0.05) is 5.92 Å². The fraction of sp³-hybridized carbons (Fsp3) is 0.429. The number of aromatic nitrogens is 3. The first-order valence-corrected chi connectivity index (χ1v) is 11.3. The van der Waals surface area contributed by atoms with Crippen LogP contribution >= 0.6 is 28.5 Å². The zero-order valence-corrected chi connectivity index (χ0v) is 15.8. The Morgan fingerprint density at radius 3 is 2.71 bits per heavy atom. The summed E-state index contributed by atoms with van der Waals surface area (Å²) in [6.45, 7) is 1.04. The minimum absolute atomic E-state index is 0.149. The van der Waals surface area contributed by atoms with Gasteiger partial charge in [-0.15, -0.1) is 10.2 Å². The average Bonchev–Trinajstić information content (AvgIpc) is 2.96. The van der Waals surface area contributed by atoms with Gasteiger partial charge in [-0.3, -0.25) is 0 Å². The number of benzene rings is 1. The molecule has 24 heavy (non-hydrogen) atoms. The third kappa shape index (κ3) is 5.56. The van der Waals surface area contributed by atoms with E-state index in [1.54, 1.807) is 6.07 Å². The van der Waals surface area contributed by atoms with Gasteiger partial charge in [0.05, 0.1) is 18.6 Å². The number of anilines is 1. The second kappa shape index (κ2) is 8.96. The molecule has 0 aliphatic heterocycles. The van der Waals surface area contributed by atoms with E-state index >= 15 is 0 Å². The summed E-state index contributed by atoms with van der Waals surface area (Å²) in [4.78, 5) is 2.83. The van der Waals surface area contributed by atoms with Crippen LogP contribution in [0.5, 0.6) is 0 Å². The number of nitrogens with two attached hydrogens (primary N) is 1. The van der Waals surface area contributed by atoms with Gasteiger partial charge in [0.25, 0.3) is 0 Å². The van der Waals surface area contributed by atoms with Gasteiger partial charge in [0.2, 0.25) is 5.95 Å². The lowest BCUT2D eigenvalue weighted by Crippen LogP contribution is -2.09. The van der Waals surface area contributed by atoms with Crippen molar-refractivity contribution in [1.29, 1.82) is 0 Å². The molecule has 0 aliphatic carbocycles. The zero-order valence-electron chi connectivity index (χ0n) is 12.6. The Labute approximate surface area is 152 Å². The van der Waals surface area contributed by atoms with E-state index in [1.165, 1.54) is 6.07 Å². The van der Waals surface area contributed by atoms with E-state index in [0.717, 1.165) is 25.0 Å². The summed E-state index contributed by atoms with van der Waals surface area (Å²) in [7, 11) is 0. The minimum Gasteiger partial charge on any atom is -0.368 e. The van der Waals surface area contributed by atoms with Crippen LogP contribution in [0.2, 0.25) is 0 Å². The van der Waals surface area contributed by atoms with Gasteiger partial charge in [-0.2, -0.15) is 13.2 Å². The molecule has 0 fully saturated rings. The minimum atomic E-state index is -4.38. The van der Waals surface area contributed by atoms with E-state index in [2.05, 4.69) is 37.2 Å². The second-order valence-electron chi connectivity index (χ2n) is 5.19. The number of nitrogen functional groups attached to an aromatic ring is 1.